The lowest BCUT2D eigenvalue weighted by Crippen LogP contribution is -2.04. The highest BCUT2D eigenvalue weighted by atomic mass is 19.1. The van der Waals surface area contributed by atoms with Crippen molar-refractivity contribution >= 4 is 0 Å². The van der Waals surface area contributed by atoms with Gasteiger partial charge in [-0.2, -0.15) is 0 Å². The van der Waals surface area contributed by atoms with Gasteiger partial charge in [0.2, 0.25) is 0 Å². The molecule has 0 aromatic heterocycles. The highest BCUT2D eigenvalue weighted by molar-refractivity contribution is 5.33. The summed E-state index contributed by atoms with van der Waals surface area (Å²) >= 11 is 0. The van der Waals surface area contributed by atoms with Gasteiger partial charge in [0.1, 0.15) is 11.6 Å². The van der Waals surface area contributed by atoms with Crippen LogP contribution in [-0.4, -0.2) is 6.61 Å². The Morgan fingerprint density at radius 2 is 2.27 bits per heavy atom. The Morgan fingerprint density at radius 1 is 1.53 bits per heavy atom. The van der Waals surface area contributed by atoms with Gasteiger partial charge in [0.25, 0.3) is 0 Å². The summed E-state index contributed by atoms with van der Waals surface area (Å²) in [6.45, 7) is 6.55. The molecule has 1 aromatic rings. The Hall–Kier alpha value is -1.35. The van der Waals surface area contributed by atoms with E-state index in [-0.39, 0.29) is 12.4 Å². The van der Waals surface area contributed by atoms with Gasteiger partial charge in [-0.3, -0.25) is 0 Å². The molecule has 0 bridgehead atoms. The first-order chi connectivity index (χ1) is 7.13. The molecule has 2 N–H and O–H groups in total. The van der Waals surface area contributed by atoms with Crippen LogP contribution in [0.25, 0.3) is 0 Å². The summed E-state index contributed by atoms with van der Waals surface area (Å²) in [5.74, 6) is 0.364. The molecule has 82 valence electrons. The highest BCUT2D eigenvalue weighted by Crippen LogP contribution is 2.19. The smallest absolute Gasteiger partial charge is 0.123 e. The van der Waals surface area contributed by atoms with Crippen molar-refractivity contribution in [2.45, 2.75) is 19.9 Å². The third-order valence-corrected chi connectivity index (χ3v) is 2.03. The molecule has 1 aromatic carbocycles. The maximum Gasteiger partial charge on any atom is 0.123 e. The largest absolute Gasteiger partial charge is 0.493 e. The second-order valence-corrected chi connectivity index (χ2v) is 3.51. The summed E-state index contributed by atoms with van der Waals surface area (Å²) in [6, 6.07) is 4.38. The topological polar surface area (TPSA) is 35.2 Å². The average molecular weight is 209 g/mol. The maximum atomic E-state index is 12.9. The van der Waals surface area contributed by atoms with Gasteiger partial charge in [-0.15, -0.1) is 6.58 Å². The fourth-order valence-electron chi connectivity index (χ4n) is 1.18. The molecule has 3 heteroatoms. The quantitative estimate of drug-likeness (QED) is 0.756. The first-order valence-corrected chi connectivity index (χ1v) is 4.89. The second kappa shape index (κ2) is 5.51. The van der Waals surface area contributed by atoms with Gasteiger partial charge in [-0.25, -0.2) is 4.39 Å². The van der Waals surface area contributed by atoms with Crippen LogP contribution in [0.3, 0.4) is 0 Å². The van der Waals surface area contributed by atoms with Gasteiger partial charge < -0.3 is 10.5 Å². The zero-order chi connectivity index (χ0) is 11.3. The van der Waals surface area contributed by atoms with E-state index in [2.05, 4.69) is 6.58 Å². The Balaban J connectivity index is 2.63. The fourth-order valence-corrected chi connectivity index (χ4v) is 1.18. The van der Waals surface area contributed by atoms with E-state index in [0.717, 1.165) is 12.0 Å². The zero-order valence-corrected chi connectivity index (χ0v) is 8.92. The van der Waals surface area contributed by atoms with Crippen LogP contribution >= 0.6 is 0 Å². The van der Waals surface area contributed by atoms with E-state index in [9.17, 15) is 4.39 Å². The summed E-state index contributed by atoms with van der Waals surface area (Å²) in [5.41, 5.74) is 7.24. The molecule has 0 heterocycles. The molecule has 0 spiro atoms. The Morgan fingerprint density at radius 3 is 2.87 bits per heavy atom. The molecule has 0 amide bonds. The van der Waals surface area contributed by atoms with Crippen LogP contribution in [0.1, 0.15) is 18.9 Å². The Kier molecular flexibility index (Phi) is 4.31. The van der Waals surface area contributed by atoms with E-state index < -0.39 is 0 Å². The standard InChI is InChI=1S/C12H16FNO/c1-9(2)5-6-15-12-4-3-11(13)7-10(12)8-14/h3-4,7H,1,5-6,8,14H2,2H3. The summed E-state index contributed by atoms with van der Waals surface area (Å²) in [6.07, 6.45) is 0.793. The number of hydrogen-bond donors (Lipinski definition) is 1. The first-order valence-electron chi connectivity index (χ1n) is 4.89. The molecule has 0 aliphatic carbocycles. The van der Waals surface area contributed by atoms with Crippen LogP contribution in [0.5, 0.6) is 5.75 Å². The van der Waals surface area contributed by atoms with Gasteiger partial charge in [-0.05, 0) is 25.1 Å². The summed E-state index contributed by atoms with van der Waals surface area (Å²) in [4.78, 5) is 0. The lowest BCUT2D eigenvalue weighted by atomic mass is 10.2. The van der Waals surface area contributed by atoms with Gasteiger partial charge >= 0.3 is 0 Å². The molecular weight excluding hydrogens is 193 g/mol. The lowest BCUT2D eigenvalue weighted by Gasteiger charge is -2.10. The number of nitrogens with two attached hydrogens (primary N) is 1. The minimum atomic E-state index is -0.289. The van der Waals surface area contributed by atoms with Crippen LogP contribution in [0.15, 0.2) is 30.4 Å². The SMILES string of the molecule is C=C(C)CCOc1ccc(F)cc1CN. The minimum absolute atomic E-state index is 0.278. The third kappa shape index (κ3) is 3.72. The van der Waals surface area contributed by atoms with Crippen molar-refractivity contribution in [2.75, 3.05) is 6.61 Å². The van der Waals surface area contributed by atoms with Crippen LogP contribution < -0.4 is 10.5 Å². The predicted molar refractivity (Wildman–Crippen MR) is 59.2 cm³/mol. The summed E-state index contributed by atoms with van der Waals surface area (Å²) < 4.78 is 18.3. The molecule has 2 nitrogen and oxygen atoms in total. The van der Waals surface area contributed by atoms with Gasteiger partial charge in [0.15, 0.2) is 0 Å². The fraction of sp³-hybridized carbons (Fsp3) is 0.333. The molecule has 0 radical (unpaired) electrons. The van der Waals surface area contributed by atoms with Crippen molar-refractivity contribution in [3.8, 4) is 5.75 Å². The van der Waals surface area contributed by atoms with Gasteiger partial charge in [0, 0.05) is 18.5 Å². The molecule has 1 rings (SSSR count). The number of halogens is 1. The predicted octanol–water partition coefficient (Wildman–Crippen LogP) is 2.63. The zero-order valence-electron chi connectivity index (χ0n) is 8.92. The van der Waals surface area contributed by atoms with Crippen molar-refractivity contribution in [1.29, 1.82) is 0 Å². The molecule has 0 aliphatic heterocycles. The molecule has 0 fully saturated rings. The van der Waals surface area contributed by atoms with Crippen LogP contribution in [0, 0.1) is 5.82 Å². The van der Waals surface area contributed by atoms with E-state index in [0.29, 0.717) is 17.9 Å². The maximum absolute atomic E-state index is 12.9. The van der Waals surface area contributed by atoms with Gasteiger partial charge in [0.05, 0.1) is 6.61 Å². The monoisotopic (exact) mass is 209 g/mol. The van der Waals surface area contributed by atoms with Crippen LogP contribution in [0.2, 0.25) is 0 Å². The number of rotatable bonds is 5. The van der Waals surface area contributed by atoms with Crippen molar-refractivity contribution in [3.05, 3.63) is 41.7 Å². The van der Waals surface area contributed by atoms with Crippen molar-refractivity contribution in [2.24, 2.45) is 5.73 Å². The molecule has 0 unspecified atom stereocenters. The first kappa shape index (κ1) is 11.7. The van der Waals surface area contributed by atoms with Crippen molar-refractivity contribution < 1.29 is 9.13 Å². The molecule has 0 atom stereocenters. The summed E-state index contributed by atoms with van der Waals surface area (Å²) in [5, 5.41) is 0. The molecular formula is C12H16FNO. The van der Waals surface area contributed by atoms with E-state index in [1.54, 1.807) is 6.07 Å². The lowest BCUT2D eigenvalue weighted by molar-refractivity contribution is 0.318. The van der Waals surface area contributed by atoms with Crippen LogP contribution in [-0.2, 0) is 6.54 Å². The van der Waals surface area contributed by atoms with E-state index in [1.165, 1.54) is 12.1 Å². The third-order valence-electron chi connectivity index (χ3n) is 2.03. The number of ether oxygens (including phenoxy) is 1. The number of benzene rings is 1. The molecule has 15 heavy (non-hydrogen) atoms. The van der Waals surface area contributed by atoms with Crippen molar-refractivity contribution in [1.82, 2.24) is 0 Å². The highest BCUT2D eigenvalue weighted by Gasteiger charge is 2.03. The van der Waals surface area contributed by atoms with Crippen molar-refractivity contribution in [3.63, 3.8) is 0 Å². The molecule has 0 saturated carbocycles. The van der Waals surface area contributed by atoms with E-state index in [1.807, 2.05) is 6.92 Å². The van der Waals surface area contributed by atoms with E-state index in [4.69, 9.17) is 10.5 Å². The van der Waals surface area contributed by atoms with Gasteiger partial charge in [-0.1, -0.05) is 5.57 Å². The minimum Gasteiger partial charge on any atom is -0.493 e. The molecule has 0 aliphatic rings. The average Bonchev–Trinajstić information content (AvgIpc) is 2.19. The molecule has 0 saturated heterocycles. The second-order valence-electron chi connectivity index (χ2n) is 3.51. The summed E-state index contributed by atoms with van der Waals surface area (Å²) in [7, 11) is 0. The van der Waals surface area contributed by atoms with Crippen LogP contribution in [0.4, 0.5) is 4.39 Å². The normalized spacial score (nSPS) is 10.1. The van der Waals surface area contributed by atoms with E-state index >= 15 is 0 Å². The Bertz CT molecular complexity index is 349. The Labute approximate surface area is 89.6 Å². The number of hydrogen-bond acceptors (Lipinski definition) is 2.